The third kappa shape index (κ3) is 20.1. The van der Waals surface area contributed by atoms with Crippen molar-refractivity contribution in [2.24, 2.45) is 5.73 Å². The number of hydrogen-bond acceptors (Lipinski definition) is 7. The van der Waals surface area contributed by atoms with Gasteiger partial charge in [-0.1, -0.05) is 84.0 Å². The number of carbonyl (C=O) groups excluding carboxylic acids is 1. The highest BCUT2D eigenvalue weighted by molar-refractivity contribution is 7.47. The predicted octanol–water partition coefficient (Wildman–Crippen LogP) is 5.34. The molecule has 0 aliphatic heterocycles. The number of unbranched alkanes of at least 4 members (excludes halogenated alkanes) is 12. The van der Waals surface area contributed by atoms with E-state index in [1.54, 1.807) is 0 Å². The average molecular weight is 496 g/mol. The van der Waals surface area contributed by atoms with Gasteiger partial charge in [0.15, 0.2) is 0 Å². The Morgan fingerprint density at radius 1 is 0.848 bits per heavy atom. The second-order valence-corrected chi connectivity index (χ2v) is 9.95. The van der Waals surface area contributed by atoms with Gasteiger partial charge in [-0.05, 0) is 19.8 Å². The summed E-state index contributed by atoms with van der Waals surface area (Å²) in [4.78, 5) is 32.0. The molecule has 0 saturated carbocycles. The molecule has 0 aliphatic carbocycles. The van der Waals surface area contributed by atoms with Crippen molar-refractivity contribution in [1.82, 2.24) is 0 Å². The minimum absolute atomic E-state index is 0.0582. The Labute approximate surface area is 199 Å². The summed E-state index contributed by atoms with van der Waals surface area (Å²) in [5, 5.41) is 8.75. The van der Waals surface area contributed by atoms with Gasteiger partial charge in [-0.2, -0.15) is 0 Å². The zero-order valence-corrected chi connectivity index (χ0v) is 21.4. The minimum Gasteiger partial charge on any atom is -0.480 e. The van der Waals surface area contributed by atoms with Crippen LogP contribution in [0.5, 0.6) is 0 Å². The first-order chi connectivity index (χ1) is 15.7. The molecule has 0 aromatic carbocycles. The third-order valence-electron chi connectivity index (χ3n) is 5.38. The molecule has 33 heavy (non-hydrogen) atoms. The highest BCUT2D eigenvalue weighted by atomic mass is 31.2. The number of esters is 1. The summed E-state index contributed by atoms with van der Waals surface area (Å²) in [7, 11) is -4.45. The molecule has 0 fully saturated rings. The van der Waals surface area contributed by atoms with E-state index in [-0.39, 0.29) is 25.4 Å². The van der Waals surface area contributed by atoms with Crippen molar-refractivity contribution in [3.63, 3.8) is 0 Å². The molecular formula is C23H46NO8P. The van der Waals surface area contributed by atoms with Crippen LogP contribution in [0.1, 0.15) is 110 Å². The molecule has 0 aromatic heterocycles. The number of ether oxygens (including phenoxy) is 1. The maximum atomic E-state index is 11.8. The van der Waals surface area contributed by atoms with Gasteiger partial charge < -0.3 is 20.5 Å². The summed E-state index contributed by atoms with van der Waals surface area (Å²) in [6, 6.07) is -1.45. The molecule has 4 N–H and O–H groups in total. The molecule has 0 radical (unpaired) electrons. The van der Waals surface area contributed by atoms with Crippen LogP contribution in [0, 0.1) is 0 Å². The first kappa shape index (κ1) is 32.0. The van der Waals surface area contributed by atoms with E-state index >= 15 is 0 Å². The normalized spacial score (nSPS) is 15.0. The predicted molar refractivity (Wildman–Crippen MR) is 128 cm³/mol. The second kappa shape index (κ2) is 20.4. The molecular weight excluding hydrogens is 449 g/mol. The zero-order valence-electron chi connectivity index (χ0n) is 20.5. The SMILES string of the molecule is CCCCCCCCCCCCCCCOC(=O)CCCOP(=O)(O)O[C@H](C)[C@H](N)C(=O)O. The monoisotopic (exact) mass is 495 g/mol. The van der Waals surface area contributed by atoms with Gasteiger partial charge in [-0.25, -0.2) is 4.57 Å². The van der Waals surface area contributed by atoms with E-state index in [0.717, 1.165) is 19.3 Å². The van der Waals surface area contributed by atoms with E-state index in [1.165, 1.54) is 71.1 Å². The van der Waals surface area contributed by atoms with E-state index in [2.05, 4.69) is 6.92 Å². The maximum absolute atomic E-state index is 11.8. The van der Waals surface area contributed by atoms with Gasteiger partial charge in [-0.15, -0.1) is 0 Å². The summed E-state index contributed by atoms with van der Waals surface area (Å²) in [5.41, 5.74) is 5.31. The Morgan fingerprint density at radius 2 is 1.33 bits per heavy atom. The van der Waals surface area contributed by atoms with Gasteiger partial charge in [0.2, 0.25) is 0 Å². The number of phosphoric ester groups is 1. The van der Waals surface area contributed by atoms with Gasteiger partial charge in [-0.3, -0.25) is 18.6 Å². The molecule has 3 atom stereocenters. The number of carboxylic acids is 1. The number of carboxylic acid groups (broad SMARTS) is 1. The van der Waals surface area contributed by atoms with Gasteiger partial charge in [0.05, 0.1) is 19.3 Å². The van der Waals surface area contributed by atoms with Crippen LogP contribution >= 0.6 is 7.82 Å². The van der Waals surface area contributed by atoms with Gasteiger partial charge >= 0.3 is 19.8 Å². The van der Waals surface area contributed by atoms with Crippen molar-refractivity contribution < 1.29 is 37.9 Å². The van der Waals surface area contributed by atoms with E-state index in [4.69, 9.17) is 24.6 Å². The number of rotatable bonds is 23. The Kier molecular flexibility index (Phi) is 19.8. The molecule has 0 heterocycles. The molecule has 0 amide bonds. The molecule has 1 unspecified atom stereocenters. The quantitative estimate of drug-likeness (QED) is 0.0971. The number of phosphoric acid groups is 1. The van der Waals surface area contributed by atoms with Crippen molar-refractivity contribution in [2.75, 3.05) is 13.2 Å². The first-order valence-corrected chi connectivity index (χ1v) is 14.0. The first-order valence-electron chi connectivity index (χ1n) is 12.5. The Balaban J connectivity index is 3.54. The van der Waals surface area contributed by atoms with Crippen molar-refractivity contribution in [2.45, 2.75) is 122 Å². The van der Waals surface area contributed by atoms with Crippen LogP contribution in [-0.4, -0.2) is 47.3 Å². The molecule has 0 bridgehead atoms. The summed E-state index contributed by atoms with van der Waals surface area (Å²) in [6.07, 6.45) is 15.3. The smallest absolute Gasteiger partial charge is 0.472 e. The minimum atomic E-state index is -4.45. The summed E-state index contributed by atoms with van der Waals surface area (Å²) in [6.45, 7) is 3.68. The molecule has 196 valence electrons. The van der Waals surface area contributed by atoms with Crippen molar-refractivity contribution >= 4 is 19.8 Å². The second-order valence-electron chi connectivity index (χ2n) is 8.54. The average Bonchev–Trinajstić information content (AvgIpc) is 2.76. The zero-order chi connectivity index (χ0) is 25.0. The fourth-order valence-electron chi connectivity index (χ4n) is 3.28. The van der Waals surface area contributed by atoms with Crippen LogP contribution in [0.4, 0.5) is 0 Å². The number of aliphatic carboxylic acids is 1. The van der Waals surface area contributed by atoms with E-state index in [9.17, 15) is 19.0 Å². The van der Waals surface area contributed by atoms with E-state index in [0.29, 0.717) is 6.61 Å². The van der Waals surface area contributed by atoms with Crippen LogP contribution in [-0.2, 0) is 27.9 Å². The number of nitrogens with two attached hydrogens (primary N) is 1. The van der Waals surface area contributed by atoms with Crippen LogP contribution < -0.4 is 5.73 Å². The largest absolute Gasteiger partial charge is 0.480 e. The lowest BCUT2D eigenvalue weighted by Crippen LogP contribution is -2.41. The Bertz CT molecular complexity index is 561. The third-order valence-corrected chi connectivity index (χ3v) is 6.49. The lowest BCUT2D eigenvalue weighted by molar-refractivity contribution is -0.144. The Morgan fingerprint density at radius 3 is 1.82 bits per heavy atom. The highest BCUT2D eigenvalue weighted by Crippen LogP contribution is 2.45. The number of carbonyl (C=O) groups is 2. The van der Waals surface area contributed by atoms with Crippen molar-refractivity contribution in [1.29, 1.82) is 0 Å². The topological polar surface area (TPSA) is 145 Å². The number of hydrogen-bond donors (Lipinski definition) is 3. The van der Waals surface area contributed by atoms with Crippen molar-refractivity contribution in [3.8, 4) is 0 Å². The summed E-state index contributed by atoms with van der Waals surface area (Å²) >= 11 is 0. The highest BCUT2D eigenvalue weighted by Gasteiger charge is 2.30. The van der Waals surface area contributed by atoms with E-state index in [1.807, 2.05) is 0 Å². The molecule has 0 aliphatic rings. The molecule has 0 saturated heterocycles. The van der Waals surface area contributed by atoms with Crippen LogP contribution in [0.2, 0.25) is 0 Å². The molecule has 10 heteroatoms. The standard InChI is InChI=1S/C23H46NO8P/c1-3-4-5-6-7-8-9-10-11-12-13-14-15-18-30-21(25)17-16-19-31-33(28,29)32-20(2)22(24)23(26)27/h20,22H,3-19,24H2,1-2H3,(H,26,27)(H,28,29)/t20-,22+/m1/s1. The van der Waals surface area contributed by atoms with Crippen molar-refractivity contribution in [3.05, 3.63) is 0 Å². The van der Waals surface area contributed by atoms with Gasteiger partial charge in [0.1, 0.15) is 6.04 Å². The molecule has 9 nitrogen and oxygen atoms in total. The maximum Gasteiger partial charge on any atom is 0.472 e. The lowest BCUT2D eigenvalue weighted by Gasteiger charge is -2.19. The summed E-state index contributed by atoms with van der Waals surface area (Å²) in [5.74, 6) is -1.73. The molecule has 0 rings (SSSR count). The van der Waals surface area contributed by atoms with Gasteiger partial charge in [0.25, 0.3) is 0 Å². The van der Waals surface area contributed by atoms with Gasteiger partial charge in [0, 0.05) is 6.42 Å². The van der Waals surface area contributed by atoms with Crippen LogP contribution in [0.15, 0.2) is 0 Å². The molecule has 0 aromatic rings. The molecule has 0 spiro atoms. The summed E-state index contributed by atoms with van der Waals surface area (Å²) < 4.78 is 26.4. The van der Waals surface area contributed by atoms with Crippen LogP contribution in [0.25, 0.3) is 0 Å². The lowest BCUT2D eigenvalue weighted by atomic mass is 10.0. The van der Waals surface area contributed by atoms with Crippen LogP contribution in [0.3, 0.4) is 0 Å². The fraction of sp³-hybridized carbons (Fsp3) is 0.913. The van der Waals surface area contributed by atoms with E-state index < -0.39 is 25.9 Å². The Hall–Kier alpha value is -0.990. The fourth-order valence-corrected chi connectivity index (χ4v) is 4.25.